The largest absolute Gasteiger partial charge is 0.507 e. The average molecular weight is 366 g/mol. The molecule has 0 aliphatic heterocycles. The number of hydrogen-bond acceptors (Lipinski definition) is 4. The van der Waals surface area contributed by atoms with Crippen LogP contribution >= 0.6 is 0 Å². The van der Waals surface area contributed by atoms with E-state index < -0.39 is 6.10 Å². The highest BCUT2D eigenvalue weighted by Gasteiger charge is 2.11. The first-order chi connectivity index (χ1) is 13.0. The molecule has 0 saturated carbocycles. The third-order valence-electron chi connectivity index (χ3n) is 4.25. The predicted molar refractivity (Wildman–Crippen MR) is 107 cm³/mol. The second-order valence-corrected chi connectivity index (χ2v) is 6.19. The number of likely N-dealkylation sites (N-methyl/N-ethyl adjacent to an activating group) is 1. The third kappa shape index (κ3) is 6.45. The van der Waals surface area contributed by atoms with Gasteiger partial charge in [0.25, 0.3) is 5.91 Å². The molecule has 0 fully saturated rings. The van der Waals surface area contributed by atoms with E-state index in [1.807, 2.05) is 19.9 Å². The summed E-state index contributed by atoms with van der Waals surface area (Å²) in [4.78, 5) is 14.3. The Morgan fingerprint density at radius 2 is 1.74 bits per heavy atom. The number of nitrogens with zero attached hydrogens (tertiary/aromatic N) is 1. The number of para-hydroxylation sites is 1. The minimum atomic E-state index is -0.600. The summed E-state index contributed by atoms with van der Waals surface area (Å²) in [5.74, 6) is 5.79. The molecule has 0 spiro atoms. The normalized spacial score (nSPS) is 11.6. The molecule has 0 aromatic heterocycles. The second kappa shape index (κ2) is 10.4. The van der Waals surface area contributed by atoms with Gasteiger partial charge in [-0.3, -0.25) is 4.79 Å². The lowest BCUT2D eigenvalue weighted by Gasteiger charge is -2.22. The van der Waals surface area contributed by atoms with Gasteiger partial charge in [0.15, 0.2) is 0 Å². The molecule has 142 valence electrons. The molecular formula is C22H26N2O3. The molecule has 1 unspecified atom stereocenters. The van der Waals surface area contributed by atoms with Crippen LogP contribution in [0.25, 0.3) is 0 Å². The van der Waals surface area contributed by atoms with Crippen molar-refractivity contribution in [1.82, 2.24) is 10.2 Å². The zero-order valence-corrected chi connectivity index (χ0v) is 15.8. The topological polar surface area (TPSA) is 72.8 Å². The number of nitrogens with one attached hydrogen (secondary N) is 1. The van der Waals surface area contributed by atoms with Gasteiger partial charge in [-0.1, -0.05) is 37.8 Å². The van der Waals surface area contributed by atoms with E-state index >= 15 is 0 Å². The number of carbonyl (C=O) groups excluding carboxylic acids is 1. The van der Waals surface area contributed by atoms with Crippen molar-refractivity contribution in [3.05, 3.63) is 65.2 Å². The van der Waals surface area contributed by atoms with Crippen LogP contribution in [0.4, 0.5) is 0 Å². The third-order valence-corrected chi connectivity index (χ3v) is 4.25. The average Bonchev–Trinajstić information content (AvgIpc) is 2.70. The standard InChI is InChI=1S/C22H26N2O3/c1-3-24(4-2)16-20(25)15-23-22(27)19-13-10-17(11-14-19)9-12-18-7-5-6-8-21(18)26/h5-8,10-11,13-14,20,25-26H,3-4,15-16H2,1-2H3,(H,23,27). The maximum Gasteiger partial charge on any atom is 0.251 e. The van der Waals surface area contributed by atoms with Crippen molar-refractivity contribution < 1.29 is 15.0 Å². The first-order valence-electron chi connectivity index (χ1n) is 9.12. The molecule has 0 bridgehead atoms. The zero-order valence-electron chi connectivity index (χ0n) is 15.8. The molecule has 5 nitrogen and oxygen atoms in total. The molecule has 2 aromatic carbocycles. The molecule has 3 N–H and O–H groups in total. The minimum Gasteiger partial charge on any atom is -0.507 e. The van der Waals surface area contributed by atoms with Crippen LogP contribution in [0.5, 0.6) is 5.75 Å². The summed E-state index contributed by atoms with van der Waals surface area (Å²) >= 11 is 0. The van der Waals surface area contributed by atoms with Crippen molar-refractivity contribution in [2.75, 3.05) is 26.2 Å². The number of aromatic hydroxyl groups is 1. The Morgan fingerprint density at radius 3 is 2.37 bits per heavy atom. The smallest absolute Gasteiger partial charge is 0.251 e. The molecule has 27 heavy (non-hydrogen) atoms. The quantitative estimate of drug-likeness (QED) is 0.657. The first-order valence-corrected chi connectivity index (χ1v) is 9.12. The van der Waals surface area contributed by atoms with Gasteiger partial charge in [-0.2, -0.15) is 0 Å². The monoisotopic (exact) mass is 366 g/mol. The summed E-state index contributed by atoms with van der Waals surface area (Å²) in [5, 5.41) is 22.5. The Labute approximate surface area is 160 Å². The van der Waals surface area contributed by atoms with E-state index in [0.717, 1.165) is 18.7 Å². The first kappa shape index (κ1) is 20.5. The van der Waals surface area contributed by atoms with Gasteiger partial charge >= 0.3 is 0 Å². The fourth-order valence-corrected chi connectivity index (χ4v) is 2.58. The van der Waals surface area contributed by atoms with Crippen LogP contribution in [0, 0.1) is 11.8 Å². The number of aliphatic hydroxyl groups excluding tert-OH is 1. The minimum absolute atomic E-state index is 0.143. The van der Waals surface area contributed by atoms with E-state index in [9.17, 15) is 15.0 Å². The molecule has 2 aromatic rings. The fraction of sp³-hybridized carbons (Fsp3) is 0.318. The van der Waals surface area contributed by atoms with Crippen molar-refractivity contribution in [3.63, 3.8) is 0 Å². The molecule has 0 aliphatic rings. The van der Waals surface area contributed by atoms with Gasteiger partial charge in [0.2, 0.25) is 0 Å². The van der Waals surface area contributed by atoms with Gasteiger partial charge < -0.3 is 20.4 Å². The number of phenols is 1. The highest BCUT2D eigenvalue weighted by atomic mass is 16.3. The van der Waals surface area contributed by atoms with E-state index in [1.165, 1.54) is 0 Å². The van der Waals surface area contributed by atoms with E-state index in [4.69, 9.17) is 0 Å². The van der Waals surface area contributed by atoms with Gasteiger partial charge in [0.05, 0.1) is 11.7 Å². The van der Waals surface area contributed by atoms with Crippen molar-refractivity contribution >= 4 is 5.91 Å². The van der Waals surface area contributed by atoms with E-state index in [2.05, 4.69) is 22.1 Å². The molecule has 0 heterocycles. The predicted octanol–water partition coefficient (Wildman–Crippen LogP) is 2.22. The summed E-state index contributed by atoms with van der Waals surface area (Å²) in [5.41, 5.74) is 1.82. The number of carbonyl (C=O) groups is 1. The van der Waals surface area contributed by atoms with E-state index in [1.54, 1.807) is 42.5 Å². The summed E-state index contributed by atoms with van der Waals surface area (Å²) in [7, 11) is 0. The van der Waals surface area contributed by atoms with Crippen molar-refractivity contribution in [2.24, 2.45) is 0 Å². The zero-order chi connectivity index (χ0) is 19.6. The maximum atomic E-state index is 12.2. The SMILES string of the molecule is CCN(CC)CC(O)CNC(=O)c1ccc(C#Cc2ccccc2O)cc1. The number of hydrogen-bond donors (Lipinski definition) is 3. The lowest BCUT2D eigenvalue weighted by molar-refractivity contribution is 0.0869. The number of phenolic OH excluding ortho intramolecular Hbond substituents is 1. The number of benzene rings is 2. The molecule has 2 rings (SSSR count). The number of aliphatic hydroxyl groups is 1. The Bertz CT molecular complexity index is 802. The molecular weight excluding hydrogens is 340 g/mol. The highest BCUT2D eigenvalue weighted by Crippen LogP contribution is 2.14. The molecule has 0 aliphatic carbocycles. The van der Waals surface area contributed by atoms with E-state index in [-0.39, 0.29) is 18.2 Å². The van der Waals surface area contributed by atoms with Crippen LogP contribution in [0.2, 0.25) is 0 Å². The van der Waals surface area contributed by atoms with Gasteiger partial charge in [-0.15, -0.1) is 0 Å². The lowest BCUT2D eigenvalue weighted by Crippen LogP contribution is -2.40. The van der Waals surface area contributed by atoms with Crippen molar-refractivity contribution in [3.8, 4) is 17.6 Å². The second-order valence-electron chi connectivity index (χ2n) is 6.19. The van der Waals surface area contributed by atoms with Crippen LogP contribution in [0.1, 0.15) is 35.3 Å². The van der Waals surface area contributed by atoms with Gasteiger partial charge in [0, 0.05) is 24.2 Å². The molecule has 0 saturated heterocycles. The van der Waals surface area contributed by atoms with Gasteiger partial charge in [0.1, 0.15) is 5.75 Å². The fourth-order valence-electron chi connectivity index (χ4n) is 2.58. The molecule has 1 atom stereocenters. The Morgan fingerprint density at radius 1 is 1.07 bits per heavy atom. The Hall–Kier alpha value is -2.81. The van der Waals surface area contributed by atoms with Gasteiger partial charge in [-0.25, -0.2) is 0 Å². The maximum absolute atomic E-state index is 12.2. The lowest BCUT2D eigenvalue weighted by atomic mass is 10.1. The Balaban J connectivity index is 1.91. The Kier molecular flexibility index (Phi) is 7.87. The van der Waals surface area contributed by atoms with Crippen LogP contribution in [-0.2, 0) is 0 Å². The van der Waals surface area contributed by atoms with E-state index in [0.29, 0.717) is 17.7 Å². The van der Waals surface area contributed by atoms with Gasteiger partial charge in [-0.05, 0) is 49.5 Å². The van der Waals surface area contributed by atoms with Crippen molar-refractivity contribution in [1.29, 1.82) is 0 Å². The summed E-state index contributed by atoms with van der Waals surface area (Å²) in [6, 6.07) is 13.8. The van der Waals surface area contributed by atoms with Crippen LogP contribution in [0.3, 0.4) is 0 Å². The molecule has 1 amide bonds. The number of amides is 1. The summed E-state index contributed by atoms with van der Waals surface area (Å²) in [6.45, 7) is 6.56. The molecule has 0 radical (unpaired) electrons. The highest BCUT2D eigenvalue weighted by molar-refractivity contribution is 5.94. The van der Waals surface area contributed by atoms with Crippen LogP contribution in [0.15, 0.2) is 48.5 Å². The van der Waals surface area contributed by atoms with Crippen molar-refractivity contribution in [2.45, 2.75) is 20.0 Å². The number of rotatable bonds is 7. The van der Waals surface area contributed by atoms with Crippen LogP contribution < -0.4 is 5.32 Å². The summed E-state index contributed by atoms with van der Waals surface area (Å²) < 4.78 is 0. The molecule has 5 heteroatoms. The van der Waals surface area contributed by atoms with Crippen LogP contribution in [-0.4, -0.2) is 53.3 Å². The summed E-state index contributed by atoms with van der Waals surface area (Å²) in [6.07, 6.45) is -0.600.